The Bertz CT molecular complexity index is 1040. The fraction of sp³-hybridized carbons (Fsp3) is 0.263. The minimum Gasteiger partial charge on any atom is -0.480 e. The standard InChI is InChI=1S/C19H17N3O4S/c23-16(12-9-20-13-6-2-1-5-11(12)13)17-21-14(10-27-17)18(24)22-8-4-3-7-15(22)19(25)26/h1-2,5-6,9-10,15,20H,3-4,7-8H2,(H,25,26). The first-order valence-corrected chi connectivity index (χ1v) is 9.54. The van der Waals surface area contributed by atoms with E-state index < -0.39 is 17.9 Å². The van der Waals surface area contributed by atoms with Crippen LogP contribution in [0.2, 0.25) is 0 Å². The van der Waals surface area contributed by atoms with Crippen LogP contribution in [0.15, 0.2) is 35.8 Å². The van der Waals surface area contributed by atoms with Crippen molar-refractivity contribution in [3.8, 4) is 0 Å². The molecule has 4 rings (SSSR count). The van der Waals surface area contributed by atoms with Crippen molar-refractivity contribution in [1.82, 2.24) is 14.9 Å². The highest BCUT2D eigenvalue weighted by atomic mass is 32.1. The second-order valence-electron chi connectivity index (χ2n) is 6.46. The number of rotatable bonds is 4. The first-order valence-electron chi connectivity index (χ1n) is 8.66. The third-order valence-electron chi connectivity index (χ3n) is 4.80. The number of likely N-dealkylation sites (tertiary alicyclic amines) is 1. The van der Waals surface area contributed by atoms with Crippen molar-refractivity contribution < 1.29 is 19.5 Å². The molecule has 1 aliphatic heterocycles. The zero-order chi connectivity index (χ0) is 19.0. The van der Waals surface area contributed by atoms with Crippen LogP contribution in [0.4, 0.5) is 0 Å². The minimum absolute atomic E-state index is 0.122. The SMILES string of the molecule is O=C(c1nc(C(=O)N2CCCCC2C(=O)O)cs1)c1c[nH]c2ccccc12. The average Bonchev–Trinajstić information content (AvgIpc) is 3.34. The number of hydrogen-bond acceptors (Lipinski definition) is 5. The van der Waals surface area contributed by atoms with Crippen LogP contribution in [0.1, 0.15) is 45.1 Å². The molecule has 0 radical (unpaired) electrons. The van der Waals surface area contributed by atoms with E-state index in [4.69, 9.17) is 0 Å². The molecule has 8 heteroatoms. The summed E-state index contributed by atoms with van der Waals surface area (Å²) in [6, 6.07) is 6.63. The number of aromatic nitrogens is 2. The van der Waals surface area contributed by atoms with Gasteiger partial charge in [0.15, 0.2) is 5.01 Å². The maximum atomic E-state index is 12.8. The lowest BCUT2D eigenvalue weighted by molar-refractivity contribution is -0.143. The van der Waals surface area contributed by atoms with Gasteiger partial charge < -0.3 is 15.0 Å². The number of benzene rings is 1. The van der Waals surface area contributed by atoms with Crippen LogP contribution in [-0.2, 0) is 4.79 Å². The van der Waals surface area contributed by atoms with E-state index in [1.165, 1.54) is 10.3 Å². The number of ketones is 1. The Hall–Kier alpha value is -3.00. The van der Waals surface area contributed by atoms with Gasteiger partial charge in [-0.1, -0.05) is 18.2 Å². The molecule has 2 N–H and O–H groups in total. The molecule has 1 aliphatic rings. The minimum atomic E-state index is -1.01. The number of aliphatic carboxylic acids is 1. The number of nitrogens with zero attached hydrogens (tertiary/aromatic N) is 2. The van der Waals surface area contributed by atoms with E-state index in [1.54, 1.807) is 6.20 Å². The maximum Gasteiger partial charge on any atom is 0.326 e. The molecule has 0 saturated carbocycles. The number of H-pyrrole nitrogens is 1. The van der Waals surface area contributed by atoms with Gasteiger partial charge in [0.05, 0.1) is 5.56 Å². The highest BCUT2D eigenvalue weighted by molar-refractivity contribution is 7.12. The second kappa shape index (κ2) is 6.96. The van der Waals surface area contributed by atoms with Gasteiger partial charge in [-0.05, 0) is 25.3 Å². The third-order valence-corrected chi connectivity index (χ3v) is 5.64. The molecule has 1 saturated heterocycles. The van der Waals surface area contributed by atoms with Crippen molar-refractivity contribution in [2.45, 2.75) is 25.3 Å². The van der Waals surface area contributed by atoms with Crippen LogP contribution < -0.4 is 0 Å². The van der Waals surface area contributed by atoms with Crippen LogP contribution in [-0.4, -0.2) is 50.2 Å². The zero-order valence-corrected chi connectivity index (χ0v) is 15.2. The fourth-order valence-corrected chi connectivity index (χ4v) is 4.17. The molecule has 3 aromatic rings. The van der Waals surface area contributed by atoms with Gasteiger partial charge in [-0.3, -0.25) is 9.59 Å². The van der Waals surface area contributed by atoms with Crippen molar-refractivity contribution in [3.63, 3.8) is 0 Å². The van der Waals surface area contributed by atoms with E-state index in [1.807, 2.05) is 24.3 Å². The van der Waals surface area contributed by atoms with Crippen LogP contribution in [0.3, 0.4) is 0 Å². The lowest BCUT2D eigenvalue weighted by Crippen LogP contribution is -2.48. The monoisotopic (exact) mass is 383 g/mol. The predicted molar refractivity (Wildman–Crippen MR) is 100 cm³/mol. The summed E-state index contributed by atoms with van der Waals surface area (Å²) in [7, 11) is 0. The first kappa shape index (κ1) is 17.4. The van der Waals surface area contributed by atoms with E-state index in [-0.39, 0.29) is 16.5 Å². The summed E-state index contributed by atoms with van der Waals surface area (Å²) < 4.78 is 0. The molecule has 1 fully saturated rings. The molecule has 1 aromatic carbocycles. The van der Waals surface area contributed by atoms with Crippen LogP contribution in [0, 0.1) is 0 Å². The van der Waals surface area contributed by atoms with Gasteiger partial charge >= 0.3 is 5.97 Å². The Labute approximate surface area is 158 Å². The van der Waals surface area contributed by atoms with Gasteiger partial charge in [0.2, 0.25) is 5.78 Å². The predicted octanol–water partition coefficient (Wildman–Crippen LogP) is 2.93. The largest absolute Gasteiger partial charge is 0.480 e. The molecular formula is C19H17N3O4S. The quantitative estimate of drug-likeness (QED) is 0.674. The summed E-state index contributed by atoms with van der Waals surface area (Å²) in [4.78, 5) is 45.6. The average molecular weight is 383 g/mol. The summed E-state index contributed by atoms with van der Waals surface area (Å²) in [5, 5.41) is 11.9. The number of carboxylic acids is 1. The summed E-state index contributed by atoms with van der Waals surface area (Å²) >= 11 is 1.10. The van der Waals surface area contributed by atoms with Gasteiger partial charge in [0.1, 0.15) is 11.7 Å². The van der Waals surface area contributed by atoms with Crippen molar-refractivity contribution in [3.05, 3.63) is 52.1 Å². The van der Waals surface area contributed by atoms with E-state index in [9.17, 15) is 19.5 Å². The molecule has 27 heavy (non-hydrogen) atoms. The number of hydrogen-bond donors (Lipinski definition) is 2. The summed E-state index contributed by atoms with van der Waals surface area (Å²) in [5.74, 6) is -1.70. The number of para-hydroxylation sites is 1. The van der Waals surface area contributed by atoms with Crippen molar-refractivity contribution >= 4 is 39.9 Å². The number of carbonyl (C=O) groups excluding carboxylic acids is 2. The van der Waals surface area contributed by atoms with E-state index in [0.29, 0.717) is 18.5 Å². The Morgan fingerprint density at radius 3 is 2.85 bits per heavy atom. The lowest BCUT2D eigenvalue weighted by atomic mass is 10.0. The lowest BCUT2D eigenvalue weighted by Gasteiger charge is -2.32. The Morgan fingerprint density at radius 2 is 2.04 bits per heavy atom. The van der Waals surface area contributed by atoms with E-state index in [2.05, 4.69) is 9.97 Å². The third kappa shape index (κ3) is 3.12. The van der Waals surface area contributed by atoms with E-state index in [0.717, 1.165) is 35.1 Å². The van der Waals surface area contributed by atoms with Crippen molar-refractivity contribution in [2.24, 2.45) is 0 Å². The number of piperidine rings is 1. The number of carbonyl (C=O) groups is 3. The molecule has 0 spiro atoms. The first-order chi connectivity index (χ1) is 13.1. The van der Waals surface area contributed by atoms with Crippen LogP contribution in [0.25, 0.3) is 10.9 Å². The van der Waals surface area contributed by atoms with Crippen molar-refractivity contribution in [2.75, 3.05) is 6.54 Å². The van der Waals surface area contributed by atoms with Gasteiger partial charge in [0, 0.05) is 29.0 Å². The molecule has 3 heterocycles. The normalized spacial score (nSPS) is 17.2. The zero-order valence-electron chi connectivity index (χ0n) is 14.3. The van der Waals surface area contributed by atoms with Gasteiger partial charge in [-0.2, -0.15) is 0 Å². The van der Waals surface area contributed by atoms with Crippen LogP contribution in [0.5, 0.6) is 0 Å². The van der Waals surface area contributed by atoms with Crippen LogP contribution >= 0.6 is 11.3 Å². The molecule has 138 valence electrons. The maximum absolute atomic E-state index is 12.8. The molecule has 2 aromatic heterocycles. The topological polar surface area (TPSA) is 103 Å². The summed E-state index contributed by atoms with van der Waals surface area (Å²) in [6.45, 7) is 0.388. The molecule has 1 atom stereocenters. The van der Waals surface area contributed by atoms with Gasteiger partial charge in [0.25, 0.3) is 5.91 Å². The Kier molecular flexibility index (Phi) is 4.49. The second-order valence-corrected chi connectivity index (χ2v) is 7.32. The van der Waals surface area contributed by atoms with Crippen molar-refractivity contribution in [1.29, 1.82) is 0 Å². The highest BCUT2D eigenvalue weighted by Gasteiger charge is 2.33. The molecule has 7 nitrogen and oxygen atoms in total. The molecule has 0 aliphatic carbocycles. The van der Waals surface area contributed by atoms with Gasteiger partial charge in [-0.15, -0.1) is 11.3 Å². The fourth-order valence-electron chi connectivity index (χ4n) is 3.43. The number of amides is 1. The summed E-state index contributed by atoms with van der Waals surface area (Å²) in [6.07, 6.45) is 3.62. The number of nitrogens with one attached hydrogen (secondary N) is 1. The Balaban J connectivity index is 1.60. The number of aromatic amines is 1. The van der Waals surface area contributed by atoms with E-state index >= 15 is 0 Å². The molecular weight excluding hydrogens is 366 g/mol. The highest BCUT2D eigenvalue weighted by Crippen LogP contribution is 2.24. The molecule has 0 bridgehead atoms. The summed E-state index contributed by atoms with van der Waals surface area (Å²) in [5.41, 5.74) is 1.47. The number of carboxylic acid groups (broad SMARTS) is 1. The van der Waals surface area contributed by atoms with Gasteiger partial charge in [-0.25, -0.2) is 9.78 Å². The molecule has 1 amide bonds. The number of fused-ring (bicyclic) bond motifs is 1. The Morgan fingerprint density at radius 1 is 1.22 bits per heavy atom. The number of thiazole rings is 1. The molecule has 1 unspecified atom stereocenters. The smallest absolute Gasteiger partial charge is 0.326 e.